The molecule has 1 fully saturated rings. The molecular formula is C11H12BrF2NO. The Bertz CT molecular complexity index is 421. The molecule has 3 N–H and O–H groups in total. The number of aromatic hydroxyl groups is 1. The quantitative estimate of drug-likeness (QED) is 0.822. The van der Waals surface area contributed by atoms with Crippen molar-refractivity contribution in [3.63, 3.8) is 0 Å². The van der Waals surface area contributed by atoms with E-state index in [9.17, 15) is 13.9 Å². The van der Waals surface area contributed by atoms with E-state index in [1.807, 2.05) is 0 Å². The van der Waals surface area contributed by atoms with Crippen LogP contribution in [0.1, 0.15) is 30.9 Å². The van der Waals surface area contributed by atoms with Gasteiger partial charge in [-0.2, -0.15) is 4.39 Å². The summed E-state index contributed by atoms with van der Waals surface area (Å²) in [4.78, 5) is 0. The minimum Gasteiger partial charge on any atom is -0.505 e. The number of rotatable bonds is 2. The maximum Gasteiger partial charge on any atom is 0.201 e. The highest BCUT2D eigenvalue weighted by atomic mass is 79.9. The van der Waals surface area contributed by atoms with Crippen LogP contribution >= 0.6 is 15.9 Å². The molecule has 2 nitrogen and oxygen atoms in total. The molecule has 0 aliphatic heterocycles. The summed E-state index contributed by atoms with van der Waals surface area (Å²) >= 11 is 2.91. The van der Waals surface area contributed by atoms with Gasteiger partial charge in [0.05, 0.1) is 4.47 Å². The lowest BCUT2D eigenvalue weighted by atomic mass is 9.77. The number of benzene rings is 1. The smallest absolute Gasteiger partial charge is 0.201 e. The molecule has 0 unspecified atom stereocenters. The number of phenolic OH excluding ortho intramolecular Hbond substituents is 1. The number of hydrogen-bond donors (Lipinski definition) is 2. The van der Waals surface area contributed by atoms with Gasteiger partial charge in [0.25, 0.3) is 0 Å². The summed E-state index contributed by atoms with van der Waals surface area (Å²) in [5.41, 5.74) is 6.19. The lowest BCUT2D eigenvalue weighted by molar-refractivity contribution is 0.258. The van der Waals surface area contributed by atoms with Gasteiger partial charge in [0, 0.05) is 11.6 Å². The van der Waals surface area contributed by atoms with Crippen molar-refractivity contribution in [2.45, 2.75) is 25.3 Å². The zero-order valence-electron chi connectivity index (χ0n) is 8.51. The molecule has 1 aliphatic carbocycles. The Hall–Kier alpha value is -0.680. The van der Waals surface area contributed by atoms with Crippen LogP contribution in [0.25, 0.3) is 0 Å². The molecule has 0 saturated heterocycles. The molecule has 0 radical (unpaired) electrons. The van der Waals surface area contributed by atoms with Gasteiger partial charge in [-0.25, -0.2) is 4.39 Å². The first-order valence-corrected chi connectivity index (χ1v) is 5.93. The van der Waals surface area contributed by atoms with Crippen molar-refractivity contribution in [1.29, 1.82) is 0 Å². The van der Waals surface area contributed by atoms with Crippen LogP contribution in [0, 0.1) is 17.6 Å². The van der Waals surface area contributed by atoms with E-state index in [1.165, 1.54) is 6.07 Å². The van der Waals surface area contributed by atoms with E-state index in [-0.39, 0.29) is 16.0 Å². The van der Waals surface area contributed by atoms with Crippen molar-refractivity contribution in [2.75, 3.05) is 0 Å². The van der Waals surface area contributed by atoms with Gasteiger partial charge in [0.1, 0.15) is 0 Å². The van der Waals surface area contributed by atoms with Crippen molar-refractivity contribution < 1.29 is 13.9 Å². The second-order valence-corrected chi connectivity index (χ2v) is 5.00. The molecule has 16 heavy (non-hydrogen) atoms. The molecule has 88 valence electrons. The zero-order valence-corrected chi connectivity index (χ0v) is 10.1. The van der Waals surface area contributed by atoms with Gasteiger partial charge in [0.15, 0.2) is 11.6 Å². The first kappa shape index (κ1) is 11.8. The Morgan fingerprint density at radius 3 is 2.50 bits per heavy atom. The molecule has 1 aromatic carbocycles. The van der Waals surface area contributed by atoms with Crippen LogP contribution in [0.15, 0.2) is 10.5 Å². The van der Waals surface area contributed by atoms with Gasteiger partial charge < -0.3 is 10.8 Å². The third-order valence-electron chi connectivity index (χ3n) is 3.18. The molecule has 2 rings (SSSR count). The number of halogens is 3. The van der Waals surface area contributed by atoms with Gasteiger partial charge in [-0.1, -0.05) is 6.42 Å². The highest BCUT2D eigenvalue weighted by Gasteiger charge is 2.29. The van der Waals surface area contributed by atoms with Crippen LogP contribution in [0.2, 0.25) is 0 Å². The van der Waals surface area contributed by atoms with Crippen LogP contribution in [-0.2, 0) is 0 Å². The summed E-state index contributed by atoms with van der Waals surface area (Å²) in [6.07, 6.45) is 3.04. The molecule has 0 aromatic heterocycles. The number of hydrogen-bond acceptors (Lipinski definition) is 2. The van der Waals surface area contributed by atoms with Gasteiger partial charge in [0.2, 0.25) is 5.82 Å². The van der Waals surface area contributed by atoms with Crippen molar-refractivity contribution >= 4 is 15.9 Å². The van der Waals surface area contributed by atoms with Crippen LogP contribution in [0.3, 0.4) is 0 Å². The SMILES string of the molecule is N[C@@H](c1cc(Br)c(F)c(F)c1O)C1CCC1. The normalized spacial score (nSPS) is 18.2. The average molecular weight is 292 g/mol. The van der Waals surface area contributed by atoms with Crippen LogP contribution < -0.4 is 5.73 Å². The van der Waals surface area contributed by atoms with Crippen molar-refractivity contribution in [3.8, 4) is 5.75 Å². The van der Waals surface area contributed by atoms with Gasteiger partial charge in [-0.15, -0.1) is 0 Å². The molecule has 0 amide bonds. The molecule has 1 aromatic rings. The van der Waals surface area contributed by atoms with Gasteiger partial charge in [-0.05, 0) is 40.8 Å². The Balaban J connectivity index is 2.40. The minimum atomic E-state index is -1.24. The summed E-state index contributed by atoms with van der Waals surface area (Å²) in [6, 6.07) is 0.927. The average Bonchev–Trinajstić information content (AvgIpc) is 2.17. The predicted molar refractivity (Wildman–Crippen MR) is 60.0 cm³/mol. The van der Waals surface area contributed by atoms with Crippen LogP contribution in [-0.4, -0.2) is 5.11 Å². The summed E-state index contributed by atoms with van der Waals surface area (Å²) in [5.74, 6) is -2.73. The van der Waals surface area contributed by atoms with E-state index in [1.54, 1.807) is 0 Å². The summed E-state index contributed by atoms with van der Waals surface area (Å²) in [5, 5.41) is 9.53. The Kier molecular flexibility index (Phi) is 3.17. The van der Waals surface area contributed by atoms with E-state index < -0.39 is 23.4 Å². The first-order chi connectivity index (χ1) is 7.52. The molecule has 1 saturated carbocycles. The molecular weight excluding hydrogens is 280 g/mol. The van der Waals surface area contributed by atoms with Crippen molar-refractivity contribution in [3.05, 3.63) is 27.7 Å². The fourth-order valence-electron chi connectivity index (χ4n) is 1.91. The van der Waals surface area contributed by atoms with Gasteiger partial charge in [-0.3, -0.25) is 0 Å². The topological polar surface area (TPSA) is 46.2 Å². The number of nitrogens with two attached hydrogens (primary N) is 1. The molecule has 5 heteroatoms. The Morgan fingerprint density at radius 1 is 1.38 bits per heavy atom. The van der Waals surface area contributed by atoms with Crippen LogP contribution in [0.4, 0.5) is 8.78 Å². The summed E-state index contributed by atoms with van der Waals surface area (Å²) in [6.45, 7) is 0. The Labute approximate surface area is 101 Å². The molecule has 0 bridgehead atoms. The maximum atomic E-state index is 13.3. The largest absolute Gasteiger partial charge is 0.505 e. The molecule has 0 heterocycles. The highest BCUT2D eigenvalue weighted by Crippen LogP contribution is 2.41. The maximum absolute atomic E-state index is 13.3. The van der Waals surface area contributed by atoms with Crippen LogP contribution in [0.5, 0.6) is 5.75 Å². The predicted octanol–water partition coefficient (Wildman–Crippen LogP) is 3.23. The monoisotopic (exact) mass is 291 g/mol. The molecule has 1 atom stereocenters. The fourth-order valence-corrected chi connectivity index (χ4v) is 2.33. The Morgan fingerprint density at radius 2 is 2.00 bits per heavy atom. The van der Waals surface area contributed by atoms with Gasteiger partial charge >= 0.3 is 0 Å². The lowest BCUT2D eigenvalue weighted by Gasteiger charge is -2.31. The van der Waals surface area contributed by atoms with Crippen molar-refractivity contribution in [2.24, 2.45) is 11.7 Å². The molecule has 0 spiro atoms. The van der Waals surface area contributed by atoms with E-state index in [4.69, 9.17) is 5.73 Å². The number of phenols is 1. The molecule has 1 aliphatic rings. The second-order valence-electron chi connectivity index (χ2n) is 4.14. The van der Waals surface area contributed by atoms with E-state index >= 15 is 0 Å². The van der Waals surface area contributed by atoms with E-state index in [2.05, 4.69) is 15.9 Å². The fraction of sp³-hybridized carbons (Fsp3) is 0.455. The lowest BCUT2D eigenvalue weighted by Crippen LogP contribution is -2.27. The van der Waals surface area contributed by atoms with E-state index in [0.29, 0.717) is 0 Å². The third-order valence-corrected chi connectivity index (χ3v) is 3.76. The highest BCUT2D eigenvalue weighted by molar-refractivity contribution is 9.10. The summed E-state index contributed by atoms with van der Waals surface area (Å²) in [7, 11) is 0. The van der Waals surface area contributed by atoms with E-state index in [0.717, 1.165) is 19.3 Å². The minimum absolute atomic E-state index is 0.00688. The summed E-state index contributed by atoms with van der Waals surface area (Å²) < 4.78 is 26.4. The van der Waals surface area contributed by atoms with Crippen molar-refractivity contribution in [1.82, 2.24) is 0 Å². The zero-order chi connectivity index (χ0) is 11.9. The first-order valence-electron chi connectivity index (χ1n) is 5.14. The third kappa shape index (κ3) is 1.82. The standard InChI is InChI=1S/C11H12BrF2NO/c12-7-4-6(10(15)5-2-1-3-5)11(16)9(14)8(7)13/h4-5,10,16H,1-3,15H2/t10-/m1/s1. The second kappa shape index (κ2) is 4.30.